The minimum atomic E-state index is -4.25. The third-order valence-corrected chi connectivity index (χ3v) is 7.39. The van der Waals surface area contributed by atoms with Gasteiger partial charge in [-0.15, -0.1) is 10.2 Å². The number of pyridine rings is 1. The van der Waals surface area contributed by atoms with E-state index in [1.165, 1.54) is 38.1 Å². The van der Waals surface area contributed by atoms with Crippen LogP contribution in [0.15, 0.2) is 49.1 Å². The maximum absolute atomic E-state index is 13.4. The summed E-state index contributed by atoms with van der Waals surface area (Å²) in [5.74, 6) is 0.788. The van der Waals surface area contributed by atoms with Crippen LogP contribution >= 0.6 is 11.6 Å². The largest absolute Gasteiger partial charge is 0.494 e. The molecular formula is C23H24ClN7O5S. The first-order valence-electron chi connectivity index (χ1n) is 10.9. The lowest BCUT2D eigenvalue weighted by molar-refractivity contribution is 0.166. The van der Waals surface area contributed by atoms with Gasteiger partial charge in [-0.1, -0.05) is 17.7 Å². The van der Waals surface area contributed by atoms with Gasteiger partial charge in [0, 0.05) is 30.4 Å². The summed E-state index contributed by atoms with van der Waals surface area (Å²) in [6.07, 6.45) is 4.25. The van der Waals surface area contributed by atoms with Gasteiger partial charge in [0.25, 0.3) is 0 Å². The topological polar surface area (TPSA) is 154 Å². The van der Waals surface area contributed by atoms with Crippen LogP contribution in [0.2, 0.25) is 5.02 Å². The minimum absolute atomic E-state index is 0.0957. The fourth-order valence-corrected chi connectivity index (χ4v) is 4.68. The lowest BCUT2D eigenvalue weighted by Gasteiger charge is -2.21. The Hall–Kier alpha value is -3.81. The third kappa shape index (κ3) is 5.33. The normalized spacial score (nSPS) is 13.1. The first-order chi connectivity index (χ1) is 17.7. The van der Waals surface area contributed by atoms with E-state index in [1.54, 1.807) is 30.6 Å². The number of sulfonamides is 1. The number of nitrogens with one attached hydrogen (secondary N) is 1. The number of methoxy groups -OCH3 is 2. The van der Waals surface area contributed by atoms with Crippen molar-refractivity contribution in [1.29, 1.82) is 0 Å². The summed E-state index contributed by atoms with van der Waals surface area (Å²) in [6, 6.07) is 6.95. The molecule has 4 aromatic rings. The van der Waals surface area contributed by atoms with Crippen LogP contribution in [-0.4, -0.2) is 62.7 Å². The molecule has 0 aliphatic heterocycles. The van der Waals surface area contributed by atoms with E-state index in [0.717, 1.165) is 5.56 Å². The monoisotopic (exact) mass is 545 g/mol. The van der Waals surface area contributed by atoms with Crippen LogP contribution in [0.5, 0.6) is 11.5 Å². The molecule has 1 aromatic carbocycles. The highest BCUT2D eigenvalue weighted by Crippen LogP contribution is 2.38. The number of hydrogen-bond acceptors (Lipinski definition) is 10. The van der Waals surface area contributed by atoms with Crippen LogP contribution < -0.4 is 14.2 Å². The maximum atomic E-state index is 13.4. The van der Waals surface area contributed by atoms with Crippen LogP contribution in [-0.2, 0) is 10.0 Å². The van der Waals surface area contributed by atoms with Crippen LogP contribution in [0.1, 0.15) is 24.4 Å². The van der Waals surface area contributed by atoms with Gasteiger partial charge in [-0.3, -0.25) is 14.3 Å². The molecule has 2 atom stereocenters. The number of para-hydroxylation sites is 1. The molecular weight excluding hydrogens is 522 g/mol. The molecule has 4 rings (SSSR count). The Morgan fingerprint density at radius 3 is 2.30 bits per heavy atom. The third-order valence-electron chi connectivity index (χ3n) is 5.49. The predicted molar refractivity (Wildman–Crippen MR) is 136 cm³/mol. The fourth-order valence-electron chi connectivity index (χ4n) is 3.55. The number of ether oxygens (including phenoxy) is 2. The first kappa shape index (κ1) is 26.3. The van der Waals surface area contributed by atoms with Crippen molar-refractivity contribution in [2.45, 2.75) is 25.2 Å². The zero-order chi connectivity index (χ0) is 26.7. The number of nitrogens with zero attached hydrogens (tertiary/aromatic N) is 6. The highest BCUT2D eigenvalue weighted by molar-refractivity contribution is 7.93. The molecule has 0 bridgehead atoms. The SMILES string of the molecule is COc1cccc(OC)c1-n1c(NS(=O)(=O)[C@H](C)[C@@H](O)c2ncc(Cl)cn2)nnc1-c1cncc(C)c1. The highest BCUT2D eigenvalue weighted by atomic mass is 35.5. The smallest absolute Gasteiger partial charge is 0.243 e. The van der Waals surface area contributed by atoms with Crippen LogP contribution in [0.3, 0.4) is 0 Å². The molecule has 0 saturated carbocycles. The maximum Gasteiger partial charge on any atom is 0.243 e. The van der Waals surface area contributed by atoms with Gasteiger partial charge in [0.2, 0.25) is 16.0 Å². The van der Waals surface area contributed by atoms with Crippen LogP contribution in [0, 0.1) is 6.92 Å². The van der Waals surface area contributed by atoms with E-state index in [9.17, 15) is 13.5 Å². The molecule has 0 aliphatic rings. The second-order valence-electron chi connectivity index (χ2n) is 8.00. The first-order valence-corrected chi connectivity index (χ1v) is 12.8. The molecule has 0 amide bonds. The molecule has 0 radical (unpaired) electrons. The molecule has 12 nitrogen and oxygen atoms in total. The minimum Gasteiger partial charge on any atom is -0.494 e. The van der Waals surface area contributed by atoms with Gasteiger partial charge in [-0.25, -0.2) is 18.4 Å². The number of aliphatic hydroxyl groups excluding tert-OH is 1. The predicted octanol–water partition coefficient (Wildman–Crippen LogP) is 2.96. The summed E-state index contributed by atoms with van der Waals surface area (Å²) in [4.78, 5) is 12.1. The van der Waals surface area contributed by atoms with Crippen LogP contribution in [0.4, 0.5) is 5.95 Å². The Bertz CT molecular complexity index is 1490. The summed E-state index contributed by atoms with van der Waals surface area (Å²) in [7, 11) is -1.30. The van der Waals surface area contributed by atoms with Gasteiger partial charge in [0.1, 0.15) is 28.5 Å². The fraction of sp³-hybridized carbons (Fsp3) is 0.261. The Morgan fingerprint density at radius 2 is 1.70 bits per heavy atom. The number of aryl methyl sites for hydroxylation is 1. The molecule has 0 fully saturated rings. The van der Waals surface area contributed by atoms with E-state index < -0.39 is 21.4 Å². The van der Waals surface area contributed by atoms with E-state index in [1.807, 2.05) is 13.0 Å². The number of rotatable bonds is 9. The van der Waals surface area contributed by atoms with E-state index in [2.05, 4.69) is 29.9 Å². The van der Waals surface area contributed by atoms with Crippen molar-refractivity contribution >= 4 is 27.6 Å². The van der Waals surface area contributed by atoms with Gasteiger partial charge in [-0.2, -0.15) is 0 Å². The zero-order valence-corrected chi connectivity index (χ0v) is 21.9. The van der Waals surface area contributed by atoms with E-state index in [4.69, 9.17) is 21.1 Å². The van der Waals surface area contributed by atoms with Crippen molar-refractivity contribution in [3.8, 4) is 28.6 Å². The van der Waals surface area contributed by atoms with Crippen molar-refractivity contribution in [1.82, 2.24) is 29.7 Å². The molecule has 3 aromatic heterocycles. The number of benzene rings is 1. The Labute approximate surface area is 218 Å². The molecule has 0 aliphatic carbocycles. The van der Waals surface area contributed by atoms with Gasteiger partial charge < -0.3 is 14.6 Å². The van der Waals surface area contributed by atoms with E-state index >= 15 is 0 Å². The van der Waals surface area contributed by atoms with Gasteiger partial charge >= 0.3 is 0 Å². The quantitative estimate of drug-likeness (QED) is 0.320. The molecule has 3 heterocycles. The summed E-state index contributed by atoms with van der Waals surface area (Å²) < 4.78 is 41.7. The van der Waals surface area contributed by atoms with Gasteiger partial charge in [-0.05, 0) is 37.6 Å². The van der Waals surface area contributed by atoms with Crippen molar-refractivity contribution in [2.24, 2.45) is 0 Å². The Balaban J connectivity index is 1.83. The molecule has 0 saturated heterocycles. The summed E-state index contributed by atoms with van der Waals surface area (Å²) in [6.45, 7) is 3.19. The molecule has 2 N–H and O–H groups in total. The van der Waals surface area contributed by atoms with E-state index in [-0.39, 0.29) is 22.6 Å². The average Bonchev–Trinajstić information content (AvgIpc) is 3.29. The molecule has 194 valence electrons. The van der Waals surface area contributed by atoms with Gasteiger partial charge in [0.05, 0.1) is 19.2 Å². The number of hydrogen-bond donors (Lipinski definition) is 2. The Morgan fingerprint density at radius 1 is 1.05 bits per heavy atom. The lowest BCUT2D eigenvalue weighted by atomic mass is 10.2. The molecule has 0 unspecified atom stereocenters. The molecule has 0 spiro atoms. The summed E-state index contributed by atoms with van der Waals surface area (Å²) in [5.41, 5.74) is 1.80. The standard InChI is InChI=1S/C23H24ClN7O5S/c1-13-8-15(10-25-9-13)22-28-29-23(31(22)19-17(35-3)6-5-7-18(19)36-4)30-37(33,34)14(2)20(32)21-26-11-16(24)12-27-21/h5-12,14,20,32H,1-4H3,(H,29,30)/t14-,20-/m1/s1. The van der Waals surface area contributed by atoms with Crippen molar-refractivity contribution in [3.63, 3.8) is 0 Å². The van der Waals surface area contributed by atoms with Crippen molar-refractivity contribution in [3.05, 3.63) is 65.5 Å². The van der Waals surface area contributed by atoms with Crippen LogP contribution in [0.25, 0.3) is 17.1 Å². The molecule has 37 heavy (non-hydrogen) atoms. The second kappa shape index (κ2) is 10.7. The summed E-state index contributed by atoms with van der Waals surface area (Å²) in [5, 5.41) is 17.9. The molecule has 14 heteroatoms. The Kier molecular flexibility index (Phi) is 7.57. The number of aliphatic hydroxyl groups is 1. The number of anilines is 1. The lowest BCUT2D eigenvalue weighted by Crippen LogP contribution is -2.32. The number of aromatic nitrogens is 6. The highest BCUT2D eigenvalue weighted by Gasteiger charge is 2.33. The second-order valence-corrected chi connectivity index (χ2v) is 10.5. The number of halogens is 1. The summed E-state index contributed by atoms with van der Waals surface area (Å²) >= 11 is 5.80. The van der Waals surface area contributed by atoms with Crippen molar-refractivity contribution in [2.75, 3.05) is 18.9 Å². The van der Waals surface area contributed by atoms with Gasteiger partial charge in [0.15, 0.2) is 11.6 Å². The average molecular weight is 546 g/mol. The van der Waals surface area contributed by atoms with E-state index in [0.29, 0.717) is 22.7 Å². The van der Waals surface area contributed by atoms with Crippen molar-refractivity contribution < 1.29 is 23.0 Å². The zero-order valence-electron chi connectivity index (χ0n) is 20.3.